The van der Waals surface area contributed by atoms with E-state index in [2.05, 4.69) is 0 Å². The van der Waals surface area contributed by atoms with Crippen molar-refractivity contribution in [3.63, 3.8) is 0 Å². The molecule has 0 spiro atoms. The van der Waals surface area contributed by atoms with Crippen molar-refractivity contribution in [1.82, 2.24) is 0 Å². The fraction of sp³-hybridized carbons (Fsp3) is 0.812. The SMILES string of the molecule is OB(O)c1ccccc1C(F)(OC(F)(F)C(F)(OC(F)(F)C(F)(OC(F)(F)C(F)(OC(F)(F)C(F)(OC(F)(F)C(F)(OC(F)(F)C(F)(OC(F)(F)C(F)(OC(F)(F)C(F)(F)C(F)(F)F)C(F)(F)F)C(F)(F)F)C(F)(F)F)C(F)(F)F)C(F)(F)F)C(F)(F)F)C(F)(F)F)C(F)(F)F. The van der Waals surface area contributed by atoms with Crippen molar-refractivity contribution < 1.29 is 281 Å². The maximum atomic E-state index is 15.4. The van der Waals surface area contributed by atoms with Gasteiger partial charge >= 0.3 is 164 Å². The van der Waals surface area contributed by atoms with E-state index >= 15 is 26.3 Å². The third kappa shape index (κ3) is 14.7. The second kappa shape index (κ2) is 24.2. The molecule has 8 atom stereocenters. The molecule has 1 aromatic rings. The normalized spacial score (nSPS) is 20.6. The predicted molar refractivity (Wildman–Crippen MR) is 174 cm³/mol. The van der Waals surface area contributed by atoms with Crippen LogP contribution in [-0.2, 0) is 43.7 Å². The molecule has 568 valence electrons. The molecule has 0 aliphatic carbocycles. The summed E-state index contributed by atoms with van der Waals surface area (Å²) in [4.78, 5) is 0. The number of hydrogen-bond acceptors (Lipinski definition) is 10. The van der Waals surface area contributed by atoms with Gasteiger partial charge < -0.3 is 10.0 Å². The number of benzene rings is 1. The highest BCUT2D eigenvalue weighted by atomic mass is 19.5. The van der Waals surface area contributed by atoms with E-state index in [-0.39, 0.29) is 12.1 Å². The molecular weight excluding hydrogens is 1560 g/mol. The van der Waals surface area contributed by atoms with Crippen molar-refractivity contribution in [2.24, 2.45) is 0 Å². The maximum absolute atomic E-state index is 15.4. The Morgan fingerprint density at radius 3 is 0.531 bits per heavy atom. The van der Waals surface area contributed by atoms with Crippen LogP contribution in [0.3, 0.4) is 0 Å². The molecule has 10 nitrogen and oxygen atoms in total. The van der Waals surface area contributed by atoms with Crippen LogP contribution in [0.1, 0.15) is 5.56 Å². The lowest BCUT2D eigenvalue weighted by Gasteiger charge is -2.45. The van der Waals surface area contributed by atoms with Gasteiger partial charge in [-0.3, -0.25) is 37.9 Å². The van der Waals surface area contributed by atoms with E-state index in [1.165, 1.54) is 0 Å². The van der Waals surface area contributed by atoms with E-state index in [4.69, 9.17) is 10.0 Å². The third-order valence-corrected chi connectivity index (χ3v) is 9.99. The first-order valence-electron chi connectivity index (χ1n) is 20.4. The molecule has 0 amide bonds. The summed E-state index contributed by atoms with van der Waals surface area (Å²) in [5.41, 5.74) is -5.68. The second-order valence-corrected chi connectivity index (χ2v) is 16.7. The number of halogens is 53. The van der Waals surface area contributed by atoms with E-state index in [1.807, 2.05) is 0 Å². The summed E-state index contributed by atoms with van der Waals surface area (Å²) in [6.07, 6.45) is -162. The Hall–Kier alpha value is -4.83. The van der Waals surface area contributed by atoms with E-state index < -0.39 is 187 Å². The lowest BCUT2D eigenvalue weighted by atomic mass is 9.75. The monoisotopic (exact) mass is 1570 g/mol. The van der Waals surface area contributed by atoms with Gasteiger partial charge in [0, 0.05) is 5.56 Å². The molecule has 0 heterocycles. The van der Waals surface area contributed by atoms with Crippen molar-refractivity contribution >= 4 is 12.6 Å². The fourth-order valence-corrected chi connectivity index (χ4v) is 5.36. The lowest BCUT2D eigenvalue weighted by Crippen LogP contribution is -2.74. The number of alkyl halides is 53. The highest BCUT2D eigenvalue weighted by Crippen LogP contribution is 2.66. The van der Waals surface area contributed by atoms with Crippen molar-refractivity contribution in [3.8, 4) is 0 Å². The molecule has 0 fully saturated rings. The van der Waals surface area contributed by atoms with Crippen LogP contribution in [0, 0.1) is 0 Å². The molecule has 2 N–H and O–H groups in total. The first-order chi connectivity index (χ1) is 40.8. The van der Waals surface area contributed by atoms with Gasteiger partial charge in [-0.25, -0.2) is 0 Å². The molecule has 0 radical (unpaired) electrons. The summed E-state index contributed by atoms with van der Waals surface area (Å²) in [5.74, 6) is -86.1. The van der Waals surface area contributed by atoms with E-state index in [0.717, 1.165) is 4.74 Å². The van der Waals surface area contributed by atoms with Crippen LogP contribution in [0.15, 0.2) is 24.3 Å². The van der Waals surface area contributed by atoms with Gasteiger partial charge in [0.15, 0.2) is 0 Å². The van der Waals surface area contributed by atoms with Crippen LogP contribution >= 0.6 is 0 Å². The Morgan fingerprint density at radius 1 is 0.208 bits per heavy atom. The summed E-state index contributed by atoms with van der Waals surface area (Å²) < 4.78 is 750. The molecule has 8 unspecified atom stereocenters. The van der Waals surface area contributed by atoms with E-state index in [0.29, 0.717) is 28.4 Å². The highest BCUT2D eigenvalue weighted by Gasteiger charge is 2.94. The minimum absolute atomic E-state index is 0.102. The molecule has 64 heteroatoms. The topological polar surface area (TPSA) is 114 Å². The molecule has 0 aromatic heterocycles. The first kappa shape index (κ1) is 89.2. The molecule has 1 aromatic carbocycles. The zero-order valence-electron chi connectivity index (χ0n) is 41.1. The predicted octanol–water partition coefficient (Wildman–Crippen LogP) is 15.7. The van der Waals surface area contributed by atoms with Crippen LogP contribution < -0.4 is 5.46 Å². The third-order valence-electron chi connectivity index (χ3n) is 9.99. The van der Waals surface area contributed by atoms with Gasteiger partial charge in [0.1, 0.15) is 0 Å². The summed E-state index contributed by atoms with van der Waals surface area (Å²) in [5, 5.41) is 18.1. The molecule has 1 rings (SSSR count). The summed E-state index contributed by atoms with van der Waals surface area (Å²) in [6, 6.07) is -1.39. The van der Waals surface area contributed by atoms with Gasteiger partial charge in [-0.2, -0.15) is 233 Å². The maximum Gasteiger partial charge on any atom is 0.488 e. The van der Waals surface area contributed by atoms with Gasteiger partial charge in [-0.15, -0.1) is 0 Å². The van der Waals surface area contributed by atoms with Crippen molar-refractivity contribution in [2.45, 2.75) is 157 Å². The molecule has 0 bridgehead atoms. The Bertz CT molecular complexity index is 2850. The summed E-state index contributed by atoms with van der Waals surface area (Å²) >= 11 is 0. The van der Waals surface area contributed by atoms with Crippen molar-refractivity contribution in [3.05, 3.63) is 29.8 Å². The van der Waals surface area contributed by atoms with Gasteiger partial charge in [0.25, 0.3) is 0 Å². The first-order valence-corrected chi connectivity index (χ1v) is 20.4. The lowest BCUT2D eigenvalue weighted by molar-refractivity contribution is -0.610. The molecule has 0 aliphatic rings. The van der Waals surface area contributed by atoms with Gasteiger partial charge in [0.2, 0.25) is 0 Å². The smallest absolute Gasteiger partial charge is 0.423 e. The number of rotatable bonds is 26. The van der Waals surface area contributed by atoms with Crippen molar-refractivity contribution in [2.75, 3.05) is 0 Å². The van der Waals surface area contributed by atoms with Crippen LogP contribution in [0.25, 0.3) is 0 Å². The van der Waals surface area contributed by atoms with Crippen LogP contribution in [0.2, 0.25) is 0 Å². The van der Waals surface area contributed by atoms with E-state index in [9.17, 15) is 206 Å². The van der Waals surface area contributed by atoms with Gasteiger partial charge in [-0.05, 0) is 5.46 Å². The minimum Gasteiger partial charge on any atom is -0.423 e. The largest absolute Gasteiger partial charge is 0.488 e. The molecular formula is C32H6BF53O10. The minimum atomic E-state index is -10.3. The number of ether oxygens (including phenoxy) is 8. The van der Waals surface area contributed by atoms with E-state index in [1.54, 1.807) is 4.74 Å². The van der Waals surface area contributed by atoms with Crippen LogP contribution in [0.5, 0.6) is 0 Å². The van der Waals surface area contributed by atoms with Crippen molar-refractivity contribution in [1.29, 1.82) is 0 Å². The number of hydrogen-bond donors (Lipinski definition) is 2. The summed E-state index contributed by atoms with van der Waals surface area (Å²) in [7, 11) is -3.85. The molecule has 0 aliphatic heterocycles. The Labute approximate surface area is 481 Å². The quantitative estimate of drug-likeness (QED) is 0.0687. The second-order valence-electron chi connectivity index (χ2n) is 16.7. The van der Waals surface area contributed by atoms with Gasteiger partial charge in [-0.1, -0.05) is 24.3 Å². The molecule has 0 saturated heterocycles. The Balaban J connectivity index is 4.49. The molecule has 0 saturated carbocycles. The van der Waals surface area contributed by atoms with Crippen LogP contribution in [-0.4, -0.2) is 169 Å². The zero-order valence-corrected chi connectivity index (χ0v) is 41.1. The zero-order chi connectivity index (χ0) is 78.2. The summed E-state index contributed by atoms with van der Waals surface area (Å²) in [6.45, 7) is 0. The highest BCUT2D eigenvalue weighted by molar-refractivity contribution is 6.59. The average molecular weight is 1570 g/mol. The molecule has 96 heavy (non-hydrogen) atoms. The van der Waals surface area contributed by atoms with Crippen LogP contribution in [0.4, 0.5) is 233 Å². The Kier molecular flexibility index (Phi) is 22.5. The fourth-order valence-electron chi connectivity index (χ4n) is 5.36. The van der Waals surface area contributed by atoms with Gasteiger partial charge in [0.05, 0.1) is 0 Å². The average Bonchev–Trinajstić information content (AvgIpc) is 0.715. The standard InChI is InChI=1S/C32H6BF53O10/c34-7(16(44,45)46,5-3-1-2-4-6(5)33(87)88)89-26(73,74)9(37,18(50,51)52)91-28(77,78)11(39,20(56,57)58)93-30(81,82)13(41,22(62,63)64)95-32(85,86)15(43,24(68,69)70)96-31(83,84)14(42,23(65,66)67)94-29(79,80)12(40,21(59,60)61)92-27(75,76)10(38,19(53,54)55)90-25(71,72)8(35,36)17(47,48)49/h1-4,87-88H. The Morgan fingerprint density at radius 2 is 0.375 bits per heavy atom.